The van der Waals surface area contributed by atoms with Gasteiger partial charge in [-0.3, -0.25) is 4.79 Å². The molecule has 1 heterocycles. The van der Waals surface area contributed by atoms with Gasteiger partial charge in [-0.05, 0) is 31.7 Å². The third kappa shape index (κ3) is 6.13. The van der Waals surface area contributed by atoms with Crippen molar-refractivity contribution in [2.45, 2.75) is 30.7 Å². The Morgan fingerprint density at radius 2 is 1.86 bits per heavy atom. The van der Waals surface area contributed by atoms with Gasteiger partial charge in [0.1, 0.15) is 0 Å². The third-order valence-corrected chi connectivity index (χ3v) is 4.63. The molecule has 0 aliphatic heterocycles. The van der Waals surface area contributed by atoms with Crippen LogP contribution in [0, 0.1) is 0 Å². The van der Waals surface area contributed by atoms with Crippen molar-refractivity contribution < 1.29 is 65.5 Å². The number of benzene rings is 1. The minimum atomic E-state index is -4.84. The molecule has 7 nitrogen and oxygen atoms in total. The van der Waals surface area contributed by atoms with Gasteiger partial charge in [-0.15, -0.1) is 0 Å². The quantitative estimate of drug-likeness (QED) is 0.688. The number of hydrogen-bond donors (Lipinski definition) is 2. The van der Waals surface area contributed by atoms with Gasteiger partial charge in [0.05, 0.1) is 17.4 Å². The summed E-state index contributed by atoms with van der Waals surface area (Å²) >= 11 is 5.52. The maximum absolute atomic E-state index is 13.0. The van der Waals surface area contributed by atoms with Gasteiger partial charge in [-0.25, -0.2) is 8.42 Å². The predicted molar refractivity (Wildman–Crippen MR) is 90.0 cm³/mol. The maximum Gasteiger partial charge on any atom is 1.00 e. The van der Waals surface area contributed by atoms with E-state index in [1.165, 1.54) is 13.8 Å². The van der Waals surface area contributed by atoms with Crippen molar-refractivity contribution in [2.24, 2.45) is 0 Å². The number of rotatable bonds is 4. The van der Waals surface area contributed by atoms with Crippen molar-refractivity contribution in [3.05, 3.63) is 51.4 Å². The van der Waals surface area contributed by atoms with Gasteiger partial charge < -0.3 is 19.6 Å². The number of sulfonamides is 1. The van der Waals surface area contributed by atoms with E-state index in [0.717, 1.165) is 24.5 Å². The Morgan fingerprint density at radius 3 is 2.36 bits per heavy atom. The number of furan rings is 1. The van der Waals surface area contributed by atoms with Crippen LogP contribution in [-0.4, -0.2) is 19.6 Å². The summed E-state index contributed by atoms with van der Waals surface area (Å²) in [5.41, 5.74) is -3.29. The van der Waals surface area contributed by atoms with Crippen LogP contribution in [0.25, 0.3) is 4.72 Å². The zero-order valence-corrected chi connectivity index (χ0v) is 18.4. The largest absolute Gasteiger partial charge is 1.00 e. The van der Waals surface area contributed by atoms with Crippen LogP contribution in [0.5, 0.6) is 0 Å². The summed E-state index contributed by atoms with van der Waals surface area (Å²) in [6, 6.07) is 1.92. The number of anilines is 1. The maximum atomic E-state index is 13.0. The molecule has 0 aliphatic rings. The third-order valence-electron chi connectivity index (χ3n) is 3.27. The number of aliphatic hydroxyl groups is 1. The monoisotopic (exact) mass is 448 g/mol. The second kappa shape index (κ2) is 8.64. The number of nitrogens with zero attached hydrogens (tertiary/aromatic N) is 1. The van der Waals surface area contributed by atoms with E-state index in [9.17, 15) is 31.5 Å². The summed E-state index contributed by atoms with van der Waals surface area (Å²) in [6.07, 6.45) is -3.88. The molecule has 2 aromatic rings. The topological polar surface area (TPSA) is 111 Å². The first kappa shape index (κ1) is 24.8. The molecule has 0 atom stereocenters. The van der Waals surface area contributed by atoms with Crippen LogP contribution in [0.2, 0.25) is 5.02 Å². The SMILES string of the molecule is CC(C)(O)c1coc(S(=O)(=O)[N-]C(=O)Nc2ccc(Cl)cc2C(F)(F)F)c1.[Na+]. The van der Waals surface area contributed by atoms with Crippen LogP contribution in [0.1, 0.15) is 25.0 Å². The van der Waals surface area contributed by atoms with Gasteiger partial charge in [0.15, 0.2) is 6.03 Å². The molecule has 0 spiro atoms. The summed E-state index contributed by atoms with van der Waals surface area (Å²) in [4.78, 5) is 11.8. The van der Waals surface area contributed by atoms with Gasteiger partial charge in [-0.2, -0.15) is 13.2 Å². The summed E-state index contributed by atoms with van der Waals surface area (Å²) < 4.78 is 70.8. The first-order valence-electron chi connectivity index (χ1n) is 7.17. The fraction of sp³-hybridized carbons (Fsp3) is 0.267. The molecule has 0 radical (unpaired) electrons. The van der Waals surface area contributed by atoms with Crippen molar-refractivity contribution >= 4 is 33.3 Å². The Morgan fingerprint density at radius 1 is 1.25 bits per heavy atom. The van der Waals surface area contributed by atoms with E-state index in [0.29, 0.717) is 6.07 Å². The number of halogens is 4. The minimum absolute atomic E-state index is 0. The molecule has 0 fully saturated rings. The Kier molecular flexibility index (Phi) is 7.65. The molecule has 2 amide bonds. The van der Waals surface area contributed by atoms with E-state index in [1.807, 2.05) is 0 Å². The van der Waals surface area contributed by atoms with E-state index >= 15 is 0 Å². The number of carbonyl (C=O) groups is 1. The fourth-order valence-corrected chi connectivity index (χ4v) is 2.90. The van der Waals surface area contributed by atoms with Crippen LogP contribution in [0.4, 0.5) is 23.7 Å². The second-order valence-electron chi connectivity index (χ2n) is 5.90. The molecule has 2 N–H and O–H groups in total. The van der Waals surface area contributed by atoms with E-state index in [-0.39, 0.29) is 40.1 Å². The molecule has 1 aromatic heterocycles. The molecule has 28 heavy (non-hydrogen) atoms. The zero-order chi connectivity index (χ0) is 20.6. The zero-order valence-electron chi connectivity index (χ0n) is 14.8. The molecule has 1 aromatic carbocycles. The van der Waals surface area contributed by atoms with E-state index in [1.54, 1.807) is 5.32 Å². The average Bonchev–Trinajstić information content (AvgIpc) is 2.98. The standard InChI is InChI=1S/C15H14ClF3N2O5S.Na/c1-14(2,23)8-5-12(26-7-8)27(24,25)21-13(22)20-11-4-3-9(16)6-10(11)15(17,18)19;/h3-7,23H,1-2H3,(H2,20,21,22);/q;+1/p-1. The van der Waals surface area contributed by atoms with Crippen molar-refractivity contribution in [1.29, 1.82) is 0 Å². The Balaban J connectivity index is 0.00000392. The summed E-state index contributed by atoms with van der Waals surface area (Å²) in [7, 11) is -4.65. The van der Waals surface area contributed by atoms with Gasteiger partial charge >= 0.3 is 35.7 Å². The molecule has 0 saturated carbocycles. The molecule has 2 rings (SSSR count). The van der Waals surface area contributed by atoms with Crippen molar-refractivity contribution in [1.82, 2.24) is 0 Å². The van der Waals surface area contributed by atoms with Crippen LogP contribution in [0.15, 0.2) is 40.0 Å². The Labute approximate surface area is 185 Å². The van der Waals surface area contributed by atoms with Gasteiger partial charge in [0, 0.05) is 16.7 Å². The Hall–Kier alpha value is -1.24. The summed E-state index contributed by atoms with van der Waals surface area (Å²) in [5, 5.41) is 10.6. The molecule has 0 aliphatic carbocycles. The van der Waals surface area contributed by atoms with E-state index < -0.39 is 44.2 Å². The smallest absolute Gasteiger partial charge is 0.452 e. The molecule has 0 bridgehead atoms. The molecule has 0 unspecified atom stereocenters. The average molecular weight is 449 g/mol. The van der Waals surface area contributed by atoms with Gasteiger partial charge in [0.2, 0.25) is 15.1 Å². The number of hydrogen-bond acceptors (Lipinski definition) is 5. The molecule has 13 heteroatoms. The van der Waals surface area contributed by atoms with Gasteiger partial charge in [-0.1, -0.05) is 17.7 Å². The fourth-order valence-electron chi connectivity index (χ4n) is 1.92. The summed E-state index contributed by atoms with van der Waals surface area (Å²) in [5.74, 6) is 0. The number of urea groups is 1. The van der Waals surface area contributed by atoms with Crippen LogP contribution in [0.3, 0.4) is 0 Å². The van der Waals surface area contributed by atoms with Crippen molar-refractivity contribution in [2.75, 3.05) is 5.32 Å². The predicted octanol–water partition coefficient (Wildman–Crippen LogP) is 1.48. The van der Waals surface area contributed by atoms with Crippen molar-refractivity contribution in [3.63, 3.8) is 0 Å². The van der Waals surface area contributed by atoms with Gasteiger partial charge in [0.25, 0.3) is 0 Å². The second-order valence-corrected chi connectivity index (χ2v) is 7.87. The number of nitrogens with one attached hydrogen (secondary N) is 1. The van der Waals surface area contributed by atoms with Crippen LogP contribution >= 0.6 is 11.6 Å². The Bertz CT molecular complexity index is 971. The molecule has 148 valence electrons. The molecule has 0 saturated heterocycles. The van der Waals surface area contributed by atoms with E-state index in [2.05, 4.69) is 4.72 Å². The van der Waals surface area contributed by atoms with E-state index in [4.69, 9.17) is 16.0 Å². The minimum Gasteiger partial charge on any atom is -0.452 e. The number of alkyl halides is 3. The summed E-state index contributed by atoms with van der Waals surface area (Å²) in [6.45, 7) is 2.74. The first-order chi connectivity index (χ1) is 12.2. The number of carbonyl (C=O) groups excluding carboxylic acids is 1. The van der Waals surface area contributed by atoms with Crippen LogP contribution in [-0.2, 0) is 21.8 Å². The molecular weight excluding hydrogens is 436 g/mol. The van der Waals surface area contributed by atoms with Crippen molar-refractivity contribution in [3.8, 4) is 0 Å². The van der Waals surface area contributed by atoms with Crippen LogP contribution < -0.4 is 34.9 Å². The number of amides is 2. The first-order valence-corrected chi connectivity index (χ1v) is 8.99. The molecular formula is C15H13ClF3N2NaO5S. The normalized spacial score (nSPS) is 12.2.